The summed E-state index contributed by atoms with van der Waals surface area (Å²) in [4.78, 5) is 37.7. The summed E-state index contributed by atoms with van der Waals surface area (Å²) >= 11 is 0. The molecule has 0 aliphatic heterocycles. The molecule has 318 valence electrons. The fourth-order valence-electron chi connectivity index (χ4n) is 6.32. The smallest absolute Gasteiger partial charge is 0.306 e. The number of carbonyl (C=O) groups is 3. The molecular formula is C49H86O6. The largest absolute Gasteiger partial charge is 0.462 e. The van der Waals surface area contributed by atoms with Gasteiger partial charge in [-0.25, -0.2) is 0 Å². The van der Waals surface area contributed by atoms with Crippen molar-refractivity contribution in [2.45, 2.75) is 232 Å². The highest BCUT2D eigenvalue weighted by Crippen LogP contribution is 2.14. The predicted molar refractivity (Wildman–Crippen MR) is 233 cm³/mol. The first-order chi connectivity index (χ1) is 27.0. The van der Waals surface area contributed by atoms with Gasteiger partial charge in [0.05, 0.1) is 0 Å². The predicted octanol–water partition coefficient (Wildman–Crippen LogP) is 14.8. The van der Waals surface area contributed by atoms with E-state index in [9.17, 15) is 14.4 Å². The molecule has 0 spiro atoms. The number of rotatable bonds is 41. The maximum atomic E-state index is 12.7. The molecule has 0 radical (unpaired) electrons. The van der Waals surface area contributed by atoms with E-state index in [4.69, 9.17) is 14.2 Å². The van der Waals surface area contributed by atoms with Crippen LogP contribution in [-0.2, 0) is 28.6 Å². The highest BCUT2D eigenvalue weighted by molar-refractivity contribution is 5.71. The van der Waals surface area contributed by atoms with Crippen LogP contribution in [0.15, 0.2) is 48.6 Å². The maximum absolute atomic E-state index is 12.7. The van der Waals surface area contributed by atoms with Gasteiger partial charge in [0, 0.05) is 19.3 Å². The molecule has 0 aromatic heterocycles. The van der Waals surface area contributed by atoms with Gasteiger partial charge in [-0.05, 0) is 70.6 Å². The van der Waals surface area contributed by atoms with Gasteiger partial charge in [0.15, 0.2) is 6.10 Å². The molecule has 1 atom stereocenters. The molecule has 0 amide bonds. The molecule has 0 saturated carbocycles. The molecule has 55 heavy (non-hydrogen) atoms. The zero-order valence-electron chi connectivity index (χ0n) is 36.2. The Morgan fingerprint density at radius 3 is 1.22 bits per heavy atom. The van der Waals surface area contributed by atoms with E-state index in [1.807, 2.05) is 0 Å². The summed E-state index contributed by atoms with van der Waals surface area (Å²) < 4.78 is 16.7. The molecule has 0 fully saturated rings. The van der Waals surface area contributed by atoms with E-state index >= 15 is 0 Å². The number of hydrogen-bond acceptors (Lipinski definition) is 6. The minimum Gasteiger partial charge on any atom is -0.462 e. The fourth-order valence-corrected chi connectivity index (χ4v) is 6.32. The summed E-state index contributed by atoms with van der Waals surface area (Å²) in [6.07, 6.45) is 51.0. The molecular weight excluding hydrogens is 685 g/mol. The second-order valence-electron chi connectivity index (χ2n) is 15.3. The van der Waals surface area contributed by atoms with Crippen LogP contribution in [0.1, 0.15) is 226 Å². The van der Waals surface area contributed by atoms with E-state index in [0.29, 0.717) is 19.3 Å². The molecule has 0 saturated heterocycles. The lowest BCUT2D eigenvalue weighted by molar-refractivity contribution is -0.167. The van der Waals surface area contributed by atoms with Gasteiger partial charge in [0.25, 0.3) is 0 Å². The van der Waals surface area contributed by atoms with Crippen LogP contribution in [0.25, 0.3) is 0 Å². The van der Waals surface area contributed by atoms with Gasteiger partial charge in [-0.15, -0.1) is 0 Å². The standard InChI is InChI=1S/C49H86O6/c1-4-7-10-13-16-19-22-24-25-28-30-33-36-39-42-48(51)54-45-46(44-53-47(50)41-38-35-32-29-26-21-18-15-12-9-6-3)55-49(52)43-40-37-34-31-27-23-20-17-14-11-8-5-2/h8,11,15,17-18,20,27,31,46H,4-7,9-10,12-14,16,19,21-26,28-30,32-45H2,1-3H3/b11-8-,18-15-,20-17-,31-27-. The zero-order valence-corrected chi connectivity index (χ0v) is 36.2. The van der Waals surface area contributed by atoms with Crippen LogP contribution >= 0.6 is 0 Å². The van der Waals surface area contributed by atoms with Gasteiger partial charge >= 0.3 is 17.9 Å². The lowest BCUT2D eigenvalue weighted by atomic mass is 10.0. The summed E-state index contributed by atoms with van der Waals surface area (Å²) in [5, 5.41) is 0. The zero-order chi connectivity index (χ0) is 40.1. The second kappa shape index (κ2) is 44.1. The van der Waals surface area contributed by atoms with Gasteiger partial charge < -0.3 is 14.2 Å². The normalized spacial score (nSPS) is 12.4. The Balaban J connectivity index is 4.41. The van der Waals surface area contributed by atoms with Crippen molar-refractivity contribution in [3.8, 4) is 0 Å². The Morgan fingerprint density at radius 2 is 0.727 bits per heavy atom. The Bertz CT molecular complexity index is 980. The summed E-state index contributed by atoms with van der Waals surface area (Å²) in [6.45, 7) is 6.44. The maximum Gasteiger partial charge on any atom is 0.306 e. The van der Waals surface area contributed by atoms with Crippen molar-refractivity contribution in [1.29, 1.82) is 0 Å². The van der Waals surface area contributed by atoms with Gasteiger partial charge in [0.2, 0.25) is 0 Å². The average Bonchev–Trinajstić information content (AvgIpc) is 3.18. The average molecular weight is 771 g/mol. The van der Waals surface area contributed by atoms with E-state index in [0.717, 1.165) is 77.0 Å². The monoisotopic (exact) mass is 771 g/mol. The van der Waals surface area contributed by atoms with Crippen molar-refractivity contribution in [1.82, 2.24) is 0 Å². The van der Waals surface area contributed by atoms with E-state index in [1.165, 1.54) is 103 Å². The molecule has 0 aliphatic carbocycles. The molecule has 0 aromatic carbocycles. The van der Waals surface area contributed by atoms with Crippen molar-refractivity contribution in [2.24, 2.45) is 0 Å². The van der Waals surface area contributed by atoms with E-state index in [-0.39, 0.29) is 37.5 Å². The number of allylic oxidation sites excluding steroid dienone is 8. The number of esters is 3. The Morgan fingerprint density at radius 1 is 0.382 bits per heavy atom. The number of carbonyl (C=O) groups excluding carboxylic acids is 3. The highest BCUT2D eigenvalue weighted by atomic mass is 16.6. The van der Waals surface area contributed by atoms with Gasteiger partial charge in [-0.3, -0.25) is 14.4 Å². The molecule has 0 aliphatic rings. The number of unbranched alkanes of at least 4 members (excludes halogenated alkanes) is 22. The molecule has 0 N–H and O–H groups in total. The summed E-state index contributed by atoms with van der Waals surface area (Å²) in [5.41, 5.74) is 0. The summed E-state index contributed by atoms with van der Waals surface area (Å²) in [6, 6.07) is 0. The van der Waals surface area contributed by atoms with Crippen LogP contribution in [-0.4, -0.2) is 37.2 Å². The molecule has 0 bridgehead atoms. The van der Waals surface area contributed by atoms with Gasteiger partial charge in [-0.2, -0.15) is 0 Å². The SMILES string of the molecule is CC/C=C\C/C=C\C/C=C\CCCCC(=O)OC(COC(=O)CCCCCCC/C=C\CCCC)COC(=O)CCCCCCCCCCCCCCCC. The molecule has 0 heterocycles. The topological polar surface area (TPSA) is 78.9 Å². The van der Waals surface area contributed by atoms with Crippen LogP contribution in [0.4, 0.5) is 0 Å². The third kappa shape index (κ3) is 42.4. The van der Waals surface area contributed by atoms with Crippen molar-refractivity contribution in [3.05, 3.63) is 48.6 Å². The van der Waals surface area contributed by atoms with Gasteiger partial charge in [0.1, 0.15) is 13.2 Å². The molecule has 1 unspecified atom stereocenters. The minimum absolute atomic E-state index is 0.0894. The van der Waals surface area contributed by atoms with Crippen molar-refractivity contribution in [3.63, 3.8) is 0 Å². The highest BCUT2D eigenvalue weighted by Gasteiger charge is 2.19. The summed E-state index contributed by atoms with van der Waals surface area (Å²) in [7, 11) is 0. The molecule has 6 nitrogen and oxygen atoms in total. The van der Waals surface area contributed by atoms with Gasteiger partial charge in [-0.1, -0.05) is 185 Å². The number of hydrogen-bond donors (Lipinski definition) is 0. The first-order valence-electron chi connectivity index (χ1n) is 23.1. The first-order valence-corrected chi connectivity index (χ1v) is 23.1. The Kier molecular flexibility index (Phi) is 42.0. The van der Waals surface area contributed by atoms with Crippen molar-refractivity contribution in [2.75, 3.05) is 13.2 Å². The van der Waals surface area contributed by atoms with E-state index in [1.54, 1.807) is 0 Å². The van der Waals surface area contributed by atoms with E-state index in [2.05, 4.69) is 69.4 Å². The fraction of sp³-hybridized carbons (Fsp3) is 0.776. The summed E-state index contributed by atoms with van der Waals surface area (Å²) in [5.74, 6) is -0.939. The van der Waals surface area contributed by atoms with E-state index < -0.39 is 6.10 Å². The third-order valence-electron chi connectivity index (χ3n) is 9.82. The molecule has 0 rings (SSSR count). The van der Waals surface area contributed by atoms with Crippen LogP contribution in [0.2, 0.25) is 0 Å². The minimum atomic E-state index is -0.791. The Hall–Kier alpha value is -2.63. The van der Waals surface area contributed by atoms with Crippen molar-refractivity contribution >= 4 is 17.9 Å². The Labute approximate surface area is 339 Å². The van der Waals surface area contributed by atoms with Crippen molar-refractivity contribution < 1.29 is 28.6 Å². The first kappa shape index (κ1) is 52.4. The second-order valence-corrected chi connectivity index (χ2v) is 15.3. The van der Waals surface area contributed by atoms with Crippen LogP contribution in [0, 0.1) is 0 Å². The molecule has 6 heteroatoms. The lowest BCUT2D eigenvalue weighted by Crippen LogP contribution is -2.30. The lowest BCUT2D eigenvalue weighted by Gasteiger charge is -2.18. The van der Waals surface area contributed by atoms with Crippen LogP contribution in [0.5, 0.6) is 0 Å². The quantitative estimate of drug-likeness (QED) is 0.0267. The van der Waals surface area contributed by atoms with Crippen LogP contribution in [0.3, 0.4) is 0 Å². The number of ether oxygens (including phenoxy) is 3. The van der Waals surface area contributed by atoms with Crippen LogP contribution < -0.4 is 0 Å². The third-order valence-corrected chi connectivity index (χ3v) is 9.82. The molecule has 0 aromatic rings.